The topological polar surface area (TPSA) is 191 Å². The molecule has 11 nitrogen and oxygen atoms in total. The average molecular weight is 444 g/mol. The number of hydrogen-bond donors (Lipinski definition) is 5. The number of rotatable bonds is 11. The monoisotopic (exact) mass is 443 g/mol. The van der Waals surface area contributed by atoms with E-state index in [1.54, 1.807) is 17.0 Å². The molecule has 8 N–H and O–H groups in total. The number of carbonyl (C=O) groups excluding carboxylic acids is 2. The van der Waals surface area contributed by atoms with Crippen LogP contribution in [0.25, 0.3) is 0 Å². The Morgan fingerprint density at radius 2 is 1.93 bits per heavy atom. The third kappa shape index (κ3) is 7.22. The smallest absolute Gasteiger partial charge is 0.362 e. The Balaban J connectivity index is 1.95. The van der Waals surface area contributed by atoms with Crippen LogP contribution in [0, 0.1) is 0 Å². The van der Waals surface area contributed by atoms with Crippen LogP contribution in [0.5, 0.6) is 5.75 Å². The van der Waals surface area contributed by atoms with Crippen molar-refractivity contribution in [3.8, 4) is 5.75 Å². The van der Waals surface area contributed by atoms with E-state index in [0.717, 1.165) is 5.56 Å². The summed E-state index contributed by atoms with van der Waals surface area (Å²) in [6, 6.07) is 4.66. The van der Waals surface area contributed by atoms with Crippen molar-refractivity contribution in [2.24, 2.45) is 17.2 Å². The lowest BCUT2D eigenvalue weighted by molar-refractivity contribution is -0.122. The summed E-state index contributed by atoms with van der Waals surface area (Å²) < 4.78 is 31.3. The number of phenolic OH excluding ortho intramolecular Hbond substituents is 1. The zero-order valence-electron chi connectivity index (χ0n) is 16.6. The molecular weight excluding hydrogens is 414 g/mol. The molecule has 12 heteroatoms. The van der Waals surface area contributed by atoms with E-state index in [-0.39, 0.29) is 18.7 Å². The second-order valence-electron chi connectivity index (χ2n) is 7.28. The van der Waals surface area contributed by atoms with Gasteiger partial charge in [-0.05, 0) is 37.1 Å². The van der Waals surface area contributed by atoms with Crippen molar-refractivity contribution in [3.05, 3.63) is 29.8 Å². The van der Waals surface area contributed by atoms with Crippen LogP contribution in [-0.2, 0) is 30.6 Å². The van der Waals surface area contributed by atoms with Gasteiger partial charge in [0.1, 0.15) is 5.75 Å². The molecule has 1 fully saturated rings. The fourth-order valence-corrected chi connectivity index (χ4v) is 4.22. The van der Waals surface area contributed by atoms with Gasteiger partial charge >= 0.3 is 10.3 Å². The number of nitrogens with zero attached hydrogens (tertiary/aromatic N) is 1. The normalized spacial score (nSPS) is 20.7. The number of unbranched alkanes of at least 4 members (excludes halogenated alkanes) is 1. The molecule has 0 aliphatic carbocycles. The van der Waals surface area contributed by atoms with E-state index in [2.05, 4.69) is 0 Å². The zero-order valence-corrected chi connectivity index (χ0v) is 17.4. The number of primary amides is 1. The molecule has 0 saturated carbocycles. The second-order valence-corrected chi connectivity index (χ2v) is 8.58. The first-order chi connectivity index (χ1) is 14.1. The van der Waals surface area contributed by atoms with Crippen LogP contribution in [0.2, 0.25) is 0 Å². The molecule has 0 bridgehead atoms. The van der Waals surface area contributed by atoms with Crippen molar-refractivity contribution in [1.82, 2.24) is 9.62 Å². The SMILES string of the molecule is NCCCC[C@H](N)C(=O)NS(=O)(=O)O[C@@H]1C[C@@H](C(N)=O)N(Cc2ccc(O)cc2)C1. The third-order valence-electron chi connectivity index (χ3n) is 4.81. The Hall–Kier alpha value is -2.25. The van der Waals surface area contributed by atoms with Gasteiger partial charge in [0.25, 0.3) is 5.91 Å². The van der Waals surface area contributed by atoms with Crippen LogP contribution in [0.15, 0.2) is 24.3 Å². The van der Waals surface area contributed by atoms with Crippen LogP contribution in [0.4, 0.5) is 0 Å². The molecule has 3 atom stereocenters. The molecule has 2 rings (SSSR count). The lowest BCUT2D eigenvalue weighted by Gasteiger charge is -2.21. The molecule has 1 saturated heterocycles. The minimum Gasteiger partial charge on any atom is -0.508 e. The molecule has 0 spiro atoms. The van der Waals surface area contributed by atoms with Gasteiger partial charge in [-0.25, -0.2) is 8.91 Å². The van der Waals surface area contributed by atoms with Crippen LogP contribution in [0.3, 0.4) is 0 Å². The van der Waals surface area contributed by atoms with E-state index in [4.69, 9.17) is 21.4 Å². The molecule has 2 amide bonds. The van der Waals surface area contributed by atoms with E-state index in [1.807, 2.05) is 4.72 Å². The minimum atomic E-state index is -4.41. The molecule has 1 aliphatic rings. The van der Waals surface area contributed by atoms with Crippen molar-refractivity contribution in [3.63, 3.8) is 0 Å². The molecule has 0 unspecified atom stereocenters. The summed E-state index contributed by atoms with van der Waals surface area (Å²) in [5.74, 6) is -1.36. The highest BCUT2D eigenvalue weighted by molar-refractivity contribution is 7.85. The lowest BCUT2D eigenvalue weighted by Crippen LogP contribution is -2.45. The number of likely N-dealkylation sites (tertiary alicyclic amines) is 1. The van der Waals surface area contributed by atoms with E-state index < -0.39 is 40.3 Å². The molecule has 1 aromatic carbocycles. The lowest BCUT2D eigenvalue weighted by atomic mass is 10.1. The number of nitrogens with two attached hydrogens (primary N) is 3. The summed E-state index contributed by atoms with van der Waals surface area (Å²) >= 11 is 0. The van der Waals surface area contributed by atoms with Gasteiger partial charge in [-0.15, -0.1) is 0 Å². The molecule has 168 valence electrons. The van der Waals surface area contributed by atoms with Gasteiger partial charge in [0, 0.05) is 19.5 Å². The molecule has 1 aliphatic heterocycles. The van der Waals surface area contributed by atoms with Crippen molar-refractivity contribution >= 4 is 22.1 Å². The average Bonchev–Trinajstić information content (AvgIpc) is 3.05. The van der Waals surface area contributed by atoms with Gasteiger partial charge in [0.15, 0.2) is 0 Å². The van der Waals surface area contributed by atoms with Crippen LogP contribution in [0.1, 0.15) is 31.2 Å². The standard InChI is InChI=1S/C18H29N5O6S/c19-8-2-1-3-15(20)18(26)22-30(27,28)29-14-9-16(17(21)25)23(11-14)10-12-4-6-13(24)7-5-12/h4-7,14-16,24H,1-3,8-11,19-20H2,(H2,21,25)(H,22,26)/t14-,15+,16+/m1/s1. The van der Waals surface area contributed by atoms with Crippen molar-refractivity contribution in [2.75, 3.05) is 13.1 Å². The molecular formula is C18H29N5O6S. The molecule has 1 aromatic rings. The summed E-state index contributed by atoms with van der Waals surface area (Å²) in [7, 11) is -4.41. The van der Waals surface area contributed by atoms with Crippen LogP contribution < -0.4 is 21.9 Å². The van der Waals surface area contributed by atoms with E-state index in [1.165, 1.54) is 12.1 Å². The minimum absolute atomic E-state index is 0.0606. The van der Waals surface area contributed by atoms with E-state index in [9.17, 15) is 23.1 Å². The van der Waals surface area contributed by atoms with Gasteiger partial charge in [-0.2, -0.15) is 8.42 Å². The van der Waals surface area contributed by atoms with E-state index in [0.29, 0.717) is 32.4 Å². The number of aromatic hydroxyl groups is 1. The number of benzene rings is 1. The van der Waals surface area contributed by atoms with Gasteiger partial charge in [-0.1, -0.05) is 18.6 Å². The van der Waals surface area contributed by atoms with Crippen LogP contribution in [-0.4, -0.2) is 61.5 Å². The summed E-state index contributed by atoms with van der Waals surface area (Å²) in [6.07, 6.45) is 0.772. The van der Waals surface area contributed by atoms with Crippen molar-refractivity contribution in [2.45, 2.75) is 50.4 Å². The maximum absolute atomic E-state index is 12.2. The maximum atomic E-state index is 12.2. The van der Waals surface area contributed by atoms with Crippen molar-refractivity contribution < 1.29 is 27.3 Å². The first kappa shape index (κ1) is 24.0. The largest absolute Gasteiger partial charge is 0.508 e. The van der Waals surface area contributed by atoms with Gasteiger partial charge in [-0.3, -0.25) is 14.5 Å². The first-order valence-electron chi connectivity index (χ1n) is 9.63. The Kier molecular flexibility index (Phi) is 8.55. The number of hydrogen-bond acceptors (Lipinski definition) is 9. The molecule has 1 heterocycles. The maximum Gasteiger partial charge on any atom is 0.362 e. The van der Waals surface area contributed by atoms with Gasteiger partial charge < -0.3 is 22.3 Å². The number of phenols is 1. The van der Waals surface area contributed by atoms with Crippen molar-refractivity contribution in [1.29, 1.82) is 0 Å². The highest BCUT2D eigenvalue weighted by Gasteiger charge is 2.39. The highest BCUT2D eigenvalue weighted by atomic mass is 32.2. The summed E-state index contributed by atoms with van der Waals surface area (Å²) in [4.78, 5) is 25.5. The van der Waals surface area contributed by atoms with Crippen LogP contribution >= 0.6 is 0 Å². The summed E-state index contributed by atoms with van der Waals surface area (Å²) in [5.41, 5.74) is 17.3. The summed E-state index contributed by atoms with van der Waals surface area (Å²) in [5, 5.41) is 9.38. The number of amides is 2. The predicted octanol–water partition coefficient (Wildman–Crippen LogP) is -1.35. The first-order valence-corrected chi connectivity index (χ1v) is 11.0. The number of carbonyl (C=O) groups is 2. The Morgan fingerprint density at radius 3 is 2.53 bits per heavy atom. The molecule has 0 aromatic heterocycles. The predicted molar refractivity (Wildman–Crippen MR) is 109 cm³/mol. The van der Waals surface area contributed by atoms with Gasteiger partial charge in [0.05, 0.1) is 18.2 Å². The molecule has 0 radical (unpaired) electrons. The third-order valence-corrected chi connectivity index (χ3v) is 5.79. The fourth-order valence-electron chi connectivity index (χ4n) is 3.28. The quantitative estimate of drug-likeness (QED) is 0.257. The zero-order chi connectivity index (χ0) is 22.3. The highest BCUT2D eigenvalue weighted by Crippen LogP contribution is 2.24. The Morgan fingerprint density at radius 1 is 1.27 bits per heavy atom. The number of nitrogens with one attached hydrogen (secondary N) is 1. The molecule has 30 heavy (non-hydrogen) atoms. The van der Waals surface area contributed by atoms with E-state index >= 15 is 0 Å². The fraction of sp³-hybridized carbons (Fsp3) is 0.556. The Labute approximate surface area is 175 Å². The Bertz CT molecular complexity index is 832. The second kappa shape index (κ2) is 10.7. The van der Waals surface area contributed by atoms with Gasteiger partial charge in [0.2, 0.25) is 5.91 Å². The summed E-state index contributed by atoms with van der Waals surface area (Å²) in [6.45, 7) is 0.886.